The van der Waals surface area contributed by atoms with Crippen LogP contribution in [0.25, 0.3) is 11.1 Å². The molecular weight excluding hydrogens is 292 g/mol. The molecule has 0 fully saturated rings. The van der Waals surface area contributed by atoms with Crippen LogP contribution in [0.15, 0.2) is 60.7 Å². The van der Waals surface area contributed by atoms with E-state index < -0.39 is 0 Å². The van der Waals surface area contributed by atoms with E-state index in [0.717, 1.165) is 33.9 Å². The highest BCUT2D eigenvalue weighted by Crippen LogP contribution is 2.31. The fourth-order valence-corrected chi connectivity index (χ4v) is 2.94. The van der Waals surface area contributed by atoms with Gasteiger partial charge in [-0.3, -0.25) is 0 Å². The molecule has 1 aliphatic heterocycles. The van der Waals surface area contributed by atoms with E-state index in [1.807, 2.05) is 18.2 Å². The van der Waals surface area contributed by atoms with Gasteiger partial charge in [0.15, 0.2) is 0 Å². The van der Waals surface area contributed by atoms with Gasteiger partial charge in [0.1, 0.15) is 11.9 Å². The summed E-state index contributed by atoms with van der Waals surface area (Å²) in [6.07, 6.45) is 9.25. The van der Waals surface area contributed by atoms with E-state index >= 15 is 0 Å². The highest BCUT2D eigenvalue weighted by Gasteiger charge is 2.10. The number of rotatable bonds is 1. The van der Waals surface area contributed by atoms with Gasteiger partial charge in [0.2, 0.25) is 0 Å². The Morgan fingerprint density at radius 2 is 1.91 bits per heavy atom. The Bertz CT molecular complexity index is 723. The molecule has 1 nitrogen and oxygen atoms in total. The van der Waals surface area contributed by atoms with E-state index in [-0.39, 0.29) is 6.10 Å². The van der Waals surface area contributed by atoms with Crippen LogP contribution in [-0.4, -0.2) is 6.10 Å². The predicted molar refractivity (Wildman–Crippen MR) is 93.7 cm³/mol. The fourth-order valence-electron chi connectivity index (χ4n) is 2.65. The second-order valence-electron chi connectivity index (χ2n) is 5.68. The van der Waals surface area contributed by atoms with Crippen molar-refractivity contribution in [3.05, 3.63) is 76.9 Å². The van der Waals surface area contributed by atoms with Crippen molar-refractivity contribution in [1.82, 2.24) is 0 Å². The largest absolute Gasteiger partial charge is 0.486 e. The summed E-state index contributed by atoms with van der Waals surface area (Å²) < 4.78 is 6.08. The quantitative estimate of drug-likeness (QED) is 0.651. The van der Waals surface area contributed by atoms with Gasteiger partial charge in [0, 0.05) is 5.02 Å². The monoisotopic (exact) mass is 310 g/mol. The number of ether oxygens (including phenoxy) is 1. The summed E-state index contributed by atoms with van der Waals surface area (Å²) in [5.74, 6) is 0.943. The molecule has 22 heavy (non-hydrogen) atoms. The van der Waals surface area contributed by atoms with Crippen molar-refractivity contribution < 1.29 is 4.74 Å². The number of allylic oxidation sites excluding steroid dienone is 3. The fraction of sp³-hybridized carbons (Fsp3) is 0.200. The molecule has 0 radical (unpaired) electrons. The van der Waals surface area contributed by atoms with Crippen LogP contribution < -0.4 is 4.74 Å². The van der Waals surface area contributed by atoms with E-state index in [9.17, 15) is 0 Å². The van der Waals surface area contributed by atoms with Crippen molar-refractivity contribution in [3.63, 3.8) is 0 Å². The molecule has 0 spiro atoms. The molecular formula is C20H19ClO. The van der Waals surface area contributed by atoms with Crippen molar-refractivity contribution in [3.8, 4) is 16.9 Å². The normalized spacial score (nSPS) is 20.0. The standard InChI is InChI=1S/C20H19ClO/c1-14-10-18(12-19(21)11-14)17-9-8-16-7-5-3-4-6-15(2)22-20(16)13-17/h3-6,8-13,15H,7H2,1-2H3/b5-3-,6-4-/t15-/m1/s1. The zero-order valence-corrected chi connectivity index (χ0v) is 13.6. The van der Waals surface area contributed by atoms with Gasteiger partial charge in [0.05, 0.1) is 0 Å². The summed E-state index contributed by atoms with van der Waals surface area (Å²) in [5, 5.41) is 0.763. The molecule has 0 amide bonds. The van der Waals surface area contributed by atoms with E-state index in [0.29, 0.717) is 0 Å². The second-order valence-corrected chi connectivity index (χ2v) is 6.12. The molecule has 0 saturated carbocycles. The van der Waals surface area contributed by atoms with E-state index in [4.69, 9.17) is 16.3 Å². The minimum Gasteiger partial charge on any atom is -0.486 e. The summed E-state index contributed by atoms with van der Waals surface area (Å²) in [7, 11) is 0. The average Bonchev–Trinajstić information content (AvgIpc) is 2.55. The summed E-state index contributed by atoms with van der Waals surface area (Å²) in [4.78, 5) is 0. The maximum absolute atomic E-state index is 6.19. The summed E-state index contributed by atoms with van der Waals surface area (Å²) >= 11 is 6.19. The van der Waals surface area contributed by atoms with Crippen LogP contribution in [0.5, 0.6) is 5.75 Å². The molecule has 0 aliphatic carbocycles. The smallest absolute Gasteiger partial charge is 0.124 e. The second kappa shape index (κ2) is 6.41. The molecule has 0 saturated heterocycles. The third-order valence-electron chi connectivity index (χ3n) is 3.72. The van der Waals surface area contributed by atoms with Gasteiger partial charge in [-0.25, -0.2) is 0 Å². The zero-order chi connectivity index (χ0) is 15.5. The Labute approximate surface area is 136 Å². The van der Waals surface area contributed by atoms with Crippen molar-refractivity contribution in [2.24, 2.45) is 0 Å². The molecule has 1 heterocycles. The van der Waals surface area contributed by atoms with Crippen LogP contribution in [0.2, 0.25) is 5.02 Å². The van der Waals surface area contributed by atoms with Gasteiger partial charge in [-0.15, -0.1) is 0 Å². The van der Waals surface area contributed by atoms with Crippen molar-refractivity contribution in [2.45, 2.75) is 26.4 Å². The van der Waals surface area contributed by atoms with Gasteiger partial charge in [-0.1, -0.05) is 48.0 Å². The van der Waals surface area contributed by atoms with Crippen LogP contribution in [0.1, 0.15) is 18.1 Å². The van der Waals surface area contributed by atoms with Crippen molar-refractivity contribution >= 4 is 11.6 Å². The summed E-state index contributed by atoms with van der Waals surface area (Å²) in [5.41, 5.74) is 4.61. The third-order valence-corrected chi connectivity index (χ3v) is 3.94. The van der Waals surface area contributed by atoms with Crippen molar-refractivity contribution in [1.29, 1.82) is 0 Å². The summed E-state index contributed by atoms with van der Waals surface area (Å²) in [6.45, 7) is 4.11. The van der Waals surface area contributed by atoms with Crippen LogP contribution in [0, 0.1) is 6.92 Å². The molecule has 3 rings (SSSR count). The maximum atomic E-state index is 6.19. The lowest BCUT2D eigenvalue weighted by Gasteiger charge is -2.15. The zero-order valence-electron chi connectivity index (χ0n) is 12.8. The third kappa shape index (κ3) is 3.42. The topological polar surface area (TPSA) is 9.23 Å². The molecule has 1 aliphatic rings. The van der Waals surface area contributed by atoms with Crippen LogP contribution in [-0.2, 0) is 6.42 Å². The lowest BCUT2D eigenvalue weighted by atomic mass is 10.00. The minimum atomic E-state index is 0.0536. The Morgan fingerprint density at radius 1 is 1.05 bits per heavy atom. The molecule has 0 aromatic heterocycles. The lowest BCUT2D eigenvalue weighted by molar-refractivity contribution is 0.268. The number of benzene rings is 2. The number of aryl methyl sites for hydroxylation is 1. The first-order valence-corrected chi connectivity index (χ1v) is 7.90. The molecule has 0 unspecified atom stereocenters. The molecule has 0 N–H and O–H groups in total. The van der Waals surface area contributed by atoms with Gasteiger partial charge >= 0.3 is 0 Å². The summed E-state index contributed by atoms with van der Waals surface area (Å²) in [6, 6.07) is 12.5. The van der Waals surface area contributed by atoms with Gasteiger partial charge in [-0.2, -0.15) is 0 Å². The van der Waals surface area contributed by atoms with Crippen LogP contribution in [0.3, 0.4) is 0 Å². The first kappa shape index (κ1) is 14.9. The highest BCUT2D eigenvalue weighted by atomic mass is 35.5. The number of fused-ring (bicyclic) bond motifs is 1. The number of hydrogen-bond acceptors (Lipinski definition) is 1. The van der Waals surface area contributed by atoms with Crippen LogP contribution in [0.4, 0.5) is 0 Å². The SMILES string of the molecule is Cc1cc(Cl)cc(-c2ccc3c(c2)O[C@H](C)/C=C\C=C/C3)c1. The van der Waals surface area contributed by atoms with Crippen molar-refractivity contribution in [2.75, 3.05) is 0 Å². The van der Waals surface area contributed by atoms with E-state index in [1.165, 1.54) is 5.56 Å². The van der Waals surface area contributed by atoms with E-state index in [1.54, 1.807) is 0 Å². The lowest BCUT2D eigenvalue weighted by Crippen LogP contribution is -2.09. The average molecular weight is 311 g/mol. The van der Waals surface area contributed by atoms with Gasteiger partial charge in [-0.05, 0) is 66.8 Å². The van der Waals surface area contributed by atoms with Crippen LogP contribution >= 0.6 is 11.6 Å². The molecule has 2 aromatic carbocycles. The Hall–Kier alpha value is -1.99. The molecule has 1 atom stereocenters. The molecule has 2 heteroatoms. The van der Waals surface area contributed by atoms with Gasteiger partial charge in [0.25, 0.3) is 0 Å². The molecule has 112 valence electrons. The number of hydrogen-bond donors (Lipinski definition) is 0. The van der Waals surface area contributed by atoms with E-state index in [2.05, 4.69) is 56.3 Å². The Morgan fingerprint density at radius 3 is 2.73 bits per heavy atom. The molecule has 2 aromatic rings. The minimum absolute atomic E-state index is 0.0536. The maximum Gasteiger partial charge on any atom is 0.124 e. The Balaban J connectivity index is 2.03. The van der Waals surface area contributed by atoms with Gasteiger partial charge < -0.3 is 4.74 Å². The highest BCUT2D eigenvalue weighted by molar-refractivity contribution is 6.30. The Kier molecular flexibility index (Phi) is 4.35. The first-order chi connectivity index (χ1) is 10.6. The molecule has 0 bridgehead atoms. The first-order valence-electron chi connectivity index (χ1n) is 7.52. The predicted octanol–water partition coefficient (Wildman–Crippen LogP) is 5.75. The number of halogens is 1.